The monoisotopic (exact) mass is 246 g/mol. The summed E-state index contributed by atoms with van der Waals surface area (Å²) in [5, 5.41) is 4.51. The fourth-order valence-electron chi connectivity index (χ4n) is 1.12. The summed E-state index contributed by atoms with van der Waals surface area (Å²) in [5.74, 6) is -0.692. The fourth-order valence-corrected chi connectivity index (χ4v) is 1.12. The standard InChI is InChI=1S/C11H13F3N2O/c1-8-2-4-9(5-3-8)15-6-10(17)16-7-11(12,13)14/h2-5,15H,6-7H2,1H3,(H,16,17). The summed E-state index contributed by atoms with van der Waals surface area (Å²) in [4.78, 5) is 11.1. The maximum atomic E-state index is 11.8. The molecule has 0 bridgehead atoms. The van der Waals surface area contributed by atoms with Crippen molar-refractivity contribution in [2.75, 3.05) is 18.4 Å². The van der Waals surface area contributed by atoms with Gasteiger partial charge in [-0.15, -0.1) is 0 Å². The van der Waals surface area contributed by atoms with E-state index in [0.29, 0.717) is 5.69 Å². The largest absolute Gasteiger partial charge is 0.405 e. The topological polar surface area (TPSA) is 41.1 Å². The van der Waals surface area contributed by atoms with Crippen molar-refractivity contribution in [3.63, 3.8) is 0 Å². The number of amides is 1. The molecule has 0 radical (unpaired) electrons. The predicted molar refractivity (Wildman–Crippen MR) is 58.7 cm³/mol. The summed E-state index contributed by atoms with van der Waals surface area (Å²) in [7, 11) is 0. The maximum absolute atomic E-state index is 11.8. The Morgan fingerprint density at radius 2 is 1.82 bits per heavy atom. The molecule has 0 aromatic heterocycles. The van der Waals surface area contributed by atoms with Gasteiger partial charge in [-0.25, -0.2) is 0 Å². The van der Waals surface area contributed by atoms with Crippen LogP contribution in [-0.2, 0) is 4.79 Å². The zero-order valence-electron chi connectivity index (χ0n) is 9.27. The maximum Gasteiger partial charge on any atom is 0.405 e. The molecule has 0 spiro atoms. The van der Waals surface area contributed by atoms with E-state index in [9.17, 15) is 18.0 Å². The first kappa shape index (κ1) is 13.3. The van der Waals surface area contributed by atoms with Crippen molar-refractivity contribution < 1.29 is 18.0 Å². The Kier molecular flexibility index (Phi) is 4.37. The molecule has 0 unspecified atom stereocenters. The number of nitrogens with one attached hydrogen (secondary N) is 2. The van der Waals surface area contributed by atoms with Crippen LogP contribution in [0.15, 0.2) is 24.3 Å². The van der Waals surface area contributed by atoms with E-state index in [-0.39, 0.29) is 6.54 Å². The number of hydrogen-bond donors (Lipinski definition) is 2. The Bertz CT molecular complexity index is 373. The van der Waals surface area contributed by atoms with Crippen LogP contribution in [0.25, 0.3) is 0 Å². The van der Waals surface area contributed by atoms with Crippen molar-refractivity contribution in [3.8, 4) is 0 Å². The average Bonchev–Trinajstić information content (AvgIpc) is 2.25. The molecule has 0 atom stereocenters. The summed E-state index contributed by atoms with van der Waals surface area (Å²) in [6.07, 6.45) is -4.38. The second kappa shape index (κ2) is 5.56. The molecule has 0 aliphatic carbocycles. The van der Waals surface area contributed by atoms with Crippen molar-refractivity contribution in [2.45, 2.75) is 13.1 Å². The summed E-state index contributed by atoms with van der Waals surface area (Å²) in [5.41, 5.74) is 1.76. The predicted octanol–water partition coefficient (Wildman–Crippen LogP) is 2.09. The van der Waals surface area contributed by atoms with Crippen molar-refractivity contribution in [1.29, 1.82) is 0 Å². The third kappa shape index (κ3) is 5.79. The SMILES string of the molecule is Cc1ccc(NCC(=O)NCC(F)(F)F)cc1. The number of halogens is 3. The molecule has 0 aliphatic rings. The minimum absolute atomic E-state index is 0.181. The van der Waals surface area contributed by atoms with Gasteiger partial charge in [0.15, 0.2) is 0 Å². The van der Waals surface area contributed by atoms with E-state index in [1.807, 2.05) is 19.1 Å². The molecule has 1 amide bonds. The number of rotatable bonds is 4. The number of aryl methyl sites for hydroxylation is 1. The number of carbonyl (C=O) groups excluding carboxylic acids is 1. The van der Waals surface area contributed by atoms with Gasteiger partial charge in [0, 0.05) is 5.69 Å². The molecule has 0 saturated heterocycles. The summed E-state index contributed by atoms with van der Waals surface area (Å²) >= 11 is 0. The van der Waals surface area contributed by atoms with Gasteiger partial charge < -0.3 is 10.6 Å². The fraction of sp³-hybridized carbons (Fsp3) is 0.364. The molecule has 2 N–H and O–H groups in total. The van der Waals surface area contributed by atoms with Gasteiger partial charge in [0.1, 0.15) is 6.54 Å². The Balaban J connectivity index is 2.31. The highest BCUT2D eigenvalue weighted by atomic mass is 19.4. The van der Waals surface area contributed by atoms with Gasteiger partial charge in [-0.05, 0) is 19.1 Å². The van der Waals surface area contributed by atoms with Crippen molar-refractivity contribution in [1.82, 2.24) is 5.32 Å². The van der Waals surface area contributed by atoms with Gasteiger partial charge in [0.25, 0.3) is 0 Å². The van der Waals surface area contributed by atoms with Crippen LogP contribution in [0, 0.1) is 6.92 Å². The van der Waals surface area contributed by atoms with Crippen molar-refractivity contribution >= 4 is 11.6 Å². The normalized spacial score (nSPS) is 11.1. The van der Waals surface area contributed by atoms with Gasteiger partial charge in [-0.3, -0.25) is 4.79 Å². The highest BCUT2D eigenvalue weighted by molar-refractivity contribution is 5.80. The first-order chi connectivity index (χ1) is 7.87. The minimum Gasteiger partial charge on any atom is -0.376 e. The Morgan fingerprint density at radius 3 is 2.35 bits per heavy atom. The van der Waals surface area contributed by atoms with Gasteiger partial charge in [-0.2, -0.15) is 13.2 Å². The molecule has 1 aromatic carbocycles. The molecule has 0 aliphatic heterocycles. The van der Waals surface area contributed by atoms with Gasteiger partial charge in [0.05, 0.1) is 6.54 Å². The Labute approximate surface area is 97.0 Å². The van der Waals surface area contributed by atoms with Crippen molar-refractivity contribution in [2.24, 2.45) is 0 Å². The zero-order valence-corrected chi connectivity index (χ0v) is 9.27. The van der Waals surface area contributed by atoms with E-state index in [2.05, 4.69) is 5.32 Å². The van der Waals surface area contributed by atoms with E-state index in [1.165, 1.54) is 0 Å². The Morgan fingerprint density at radius 1 is 1.24 bits per heavy atom. The van der Waals surface area contributed by atoms with Crippen LogP contribution in [-0.4, -0.2) is 25.2 Å². The van der Waals surface area contributed by atoms with Crippen LogP contribution in [0.3, 0.4) is 0 Å². The van der Waals surface area contributed by atoms with E-state index in [4.69, 9.17) is 0 Å². The first-order valence-electron chi connectivity index (χ1n) is 5.01. The lowest BCUT2D eigenvalue weighted by atomic mass is 10.2. The second-order valence-corrected chi connectivity index (χ2v) is 3.61. The number of hydrogen-bond acceptors (Lipinski definition) is 2. The number of benzene rings is 1. The highest BCUT2D eigenvalue weighted by Gasteiger charge is 2.27. The molecule has 0 saturated carbocycles. The van der Waals surface area contributed by atoms with Crippen LogP contribution in [0.4, 0.5) is 18.9 Å². The number of carbonyl (C=O) groups is 1. The van der Waals surface area contributed by atoms with E-state index < -0.39 is 18.6 Å². The van der Waals surface area contributed by atoms with Gasteiger partial charge >= 0.3 is 6.18 Å². The van der Waals surface area contributed by atoms with E-state index in [0.717, 1.165) is 5.56 Å². The third-order valence-electron chi connectivity index (χ3n) is 1.99. The molecule has 6 heteroatoms. The van der Waals surface area contributed by atoms with Gasteiger partial charge in [0.2, 0.25) is 5.91 Å². The van der Waals surface area contributed by atoms with Crippen LogP contribution in [0.1, 0.15) is 5.56 Å². The molecule has 3 nitrogen and oxygen atoms in total. The molecule has 17 heavy (non-hydrogen) atoms. The molecule has 0 heterocycles. The first-order valence-corrected chi connectivity index (χ1v) is 5.01. The summed E-state index contributed by atoms with van der Waals surface area (Å²) in [6.45, 7) is 0.431. The quantitative estimate of drug-likeness (QED) is 0.854. The van der Waals surface area contributed by atoms with E-state index >= 15 is 0 Å². The van der Waals surface area contributed by atoms with E-state index in [1.54, 1.807) is 17.4 Å². The third-order valence-corrected chi connectivity index (χ3v) is 1.99. The molecule has 0 fully saturated rings. The molecule has 94 valence electrons. The lowest BCUT2D eigenvalue weighted by molar-refractivity contribution is -0.137. The molecule has 1 rings (SSSR count). The molecular weight excluding hydrogens is 233 g/mol. The van der Waals surface area contributed by atoms with Crippen LogP contribution < -0.4 is 10.6 Å². The number of alkyl halides is 3. The molecular formula is C11H13F3N2O. The minimum atomic E-state index is -4.38. The second-order valence-electron chi connectivity index (χ2n) is 3.61. The lowest BCUT2D eigenvalue weighted by Crippen LogP contribution is -2.37. The van der Waals surface area contributed by atoms with Gasteiger partial charge in [-0.1, -0.05) is 17.7 Å². The summed E-state index contributed by atoms with van der Waals surface area (Å²) in [6, 6.07) is 7.20. The number of anilines is 1. The highest BCUT2D eigenvalue weighted by Crippen LogP contribution is 2.12. The average molecular weight is 246 g/mol. The van der Waals surface area contributed by atoms with Crippen LogP contribution >= 0.6 is 0 Å². The summed E-state index contributed by atoms with van der Waals surface area (Å²) < 4.78 is 35.4. The van der Waals surface area contributed by atoms with Crippen LogP contribution in [0.5, 0.6) is 0 Å². The molecule has 1 aromatic rings. The zero-order chi connectivity index (χ0) is 12.9. The Hall–Kier alpha value is -1.72. The smallest absolute Gasteiger partial charge is 0.376 e. The van der Waals surface area contributed by atoms with Crippen molar-refractivity contribution in [3.05, 3.63) is 29.8 Å². The lowest BCUT2D eigenvalue weighted by Gasteiger charge is -2.09. The van der Waals surface area contributed by atoms with Crippen LogP contribution in [0.2, 0.25) is 0 Å².